The highest BCUT2D eigenvalue weighted by Gasteiger charge is 1.98. The molecule has 4 heteroatoms. The Morgan fingerprint density at radius 3 is 2.64 bits per heavy atom. The maximum absolute atomic E-state index is 10.1. The first-order chi connectivity index (χ1) is 6.70. The zero-order valence-corrected chi connectivity index (χ0v) is 7.80. The van der Waals surface area contributed by atoms with Crippen molar-refractivity contribution in [3.63, 3.8) is 0 Å². The Bertz CT molecular complexity index is 332. The Morgan fingerprint density at radius 2 is 2.07 bits per heavy atom. The van der Waals surface area contributed by atoms with Crippen molar-refractivity contribution in [3.8, 4) is 0 Å². The van der Waals surface area contributed by atoms with Crippen molar-refractivity contribution in [1.29, 1.82) is 0 Å². The van der Waals surface area contributed by atoms with E-state index in [0.717, 1.165) is 5.56 Å². The smallest absolute Gasteiger partial charge is 0.344 e. The minimum Gasteiger partial charge on any atom is -0.479 e. The van der Waals surface area contributed by atoms with Gasteiger partial charge in [0, 0.05) is 0 Å². The summed E-state index contributed by atoms with van der Waals surface area (Å²) in [6.07, 6.45) is 0. The summed E-state index contributed by atoms with van der Waals surface area (Å²) in [5, 5.41) is 12.0. The highest BCUT2D eigenvalue weighted by atomic mass is 16.6. The largest absolute Gasteiger partial charge is 0.479 e. The highest BCUT2D eigenvalue weighted by molar-refractivity contribution is 5.98. The van der Waals surface area contributed by atoms with Crippen LogP contribution >= 0.6 is 0 Å². The van der Waals surface area contributed by atoms with Gasteiger partial charge in [0.2, 0.25) is 6.61 Å². The van der Waals surface area contributed by atoms with Crippen LogP contribution in [0.1, 0.15) is 12.5 Å². The lowest BCUT2D eigenvalue weighted by molar-refractivity contribution is -0.142. The quantitative estimate of drug-likeness (QED) is 0.582. The summed E-state index contributed by atoms with van der Waals surface area (Å²) in [6.45, 7) is 1.35. The lowest BCUT2D eigenvalue weighted by atomic mass is 10.1. The van der Waals surface area contributed by atoms with Gasteiger partial charge in [-0.2, -0.15) is 0 Å². The van der Waals surface area contributed by atoms with E-state index >= 15 is 0 Å². The molecular weight excluding hydrogens is 182 g/mol. The van der Waals surface area contributed by atoms with E-state index in [1.807, 2.05) is 30.3 Å². The van der Waals surface area contributed by atoms with Crippen molar-refractivity contribution >= 4 is 11.7 Å². The van der Waals surface area contributed by atoms with Gasteiger partial charge < -0.3 is 9.94 Å². The maximum atomic E-state index is 10.1. The van der Waals surface area contributed by atoms with Gasteiger partial charge in [-0.05, 0) is 12.5 Å². The number of nitrogens with zero attached hydrogens (tertiary/aromatic N) is 1. The Balaban J connectivity index is 2.57. The monoisotopic (exact) mass is 193 g/mol. The zero-order valence-electron chi connectivity index (χ0n) is 7.80. The first-order valence-corrected chi connectivity index (χ1v) is 4.14. The molecule has 0 amide bonds. The molecule has 1 aromatic rings. The van der Waals surface area contributed by atoms with Gasteiger partial charge in [-0.15, -0.1) is 0 Å². The van der Waals surface area contributed by atoms with Crippen molar-refractivity contribution in [2.45, 2.75) is 6.92 Å². The van der Waals surface area contributed by atoms with Gasteiger partial charge >= 0.3 is 5.97 Å². The molecule has 0 aromatic heterocycles. The van der Waals surface area contributed by atoms with Crippen LogP contribution in [0.3, 0.4) is 0 Å². The van der Waals surface area contributed by atoms with Crippen LogP contribution in [-0.4, -0.2) is 23.4 Å². The Labute approximate surface area is 81.8 Å². The normalized spacial score (nSPS) is 11.1. The number of rotatable bonds is 4. The third-order valence-electron chi connectivity index (χ3n) is 1.58. The number of carboxylic acid groups (broad SMARTS) is 1. The molecule has 1 aromatic carbocycles. The summed E-state index contributed by atoms with van der Waals surface area (Å²) >= 11 is 0. The second-order valence-corrected chi connectivity index (χ2v) is 2.71. The van der Waals surface area contributed by atoms with Gasteiger partial charge in [-0.25, -0.2) is 4.79 Å². The summed E-state index contributed by atoms with van der Waals surface area (Å²) in [6, 6.07) is 9.41. The van der Waals surface area contributed by atoms with E-state index in [4.69, 9.17) is 5.11 Å². The van der Waals surface area contributed by atoms with Crippen molar-refractivity contribution in [1.82, 2.24) is 0 Å². The fourth-order valence-electron chi connectivity index (χ4n) is 0.916. The van der Waals surface area contributed by atoms with Gasteiger partial charge in [-0.1, -0.05) is 35.5 Å². The molecule has 0 fully saturated rings. The molecule has 0 spiro atoms. The predicted molar refractivity (Wildman–Crippen MR) is 52.2 cm³/mol. The minimum absolute atomic E-state index is 0.413. The molecule has 14 heavy (non-hydrogen) atoms. The van der Waals surface area contributed by atoms with Gasteiger partial charge in [0.1, 0.15) is 0 Å². The number of carboxylic acids is 1. The number of hydrogen-bond acceptors (Lipinski definition) is 3. The summed E-state index contributed by atoms with van der Waals surface area (Å²) < 4.78 is 0. The minimum atomic E-state index is -1.03. The summed E-state index contributed by atoms with van der Waals surface area (Å²) in [5.41, 5.74) is 1.57. The number of carbonyl (C=O) groups is 1. The lowest BCUT2D eigenvalue weighted by Crippen LogP contribution is -2.05. The van der Waals surface area contributed by atoms with Gasteiger partial charge in [0.25, 0.3) is 0 Å². The van der Waals surface area contributed by atoms with Crippen LogP contribution in [0.25, 0.3) is 0 Å². The van der Waals surface area contributed by atoms with Crippen LogP contribution in [-0.2, 0) is 9.63 Å². The SMILES string of the molecule is CC(=NOCC(=O)O)c1ccccc1. The van der Waals surface area contributed by atoms with Gasteiger partial charge in [0.05, 0.1) is 5.71 Å². The van der Waals surface area contributed by atoms with E-state index in [9.17, 15) is 4.79 Å². The van der Waals surface area contributed by atoms with E-state index in [2.05, 4.69) is 9.99 Å². The first kappa shape index (κ1) is 10.2. The molecule has 0 bridgehead atoms. The van der Waals surface area contributed by atoms with E-state index in [-0.39, 0.29) is 0 Å². The lowest BCUT2D eigenvalue weighted by Gasteiger charge is -1.99. The third-order valence-corrected chi connectivity index (χ3v) is 1.58. The fraction of sp³-hybridized carbons (Fsp3) is 0.200. The molecule has 0 radical (unpaired) electrons. The second kappa shape index (κ2) is 5.01. The molecule has 74 valence electrons. The first-order valence-electron chi connectivity index (χ1n) is 4.14. The highest BCUT2D eigenvalue weighted by Crippen LogP contribution is 2.00. The van der Waals surface area contributed by atoms with Crippen molar-refractivity contribution in [2.75, 3.05) is 6.61 Å². The average Bonchev–Trinajstić information content (AvgIpc) is 2.18. The van der Waals surface area contributed by atoms with Crippen LogP contribution in [0.4, 0.5) is 0 Å². The molecular formula is C10H11NO3. The average molecular weight is 193 g/mol. The van der Waals surface area contributed by atoms with Crippen LogP contribution in [0.2, 0.25) is 0 Å². The van der Waals surface area contributed by atoms with E-state index < -0.39 is 12.6 Å². The fourth-order valence-corrected chi connectivity index (χ4v) is 0.916. The van der Waals surface area contributed by atoms with E-state index in [0.29, 0.717) is 5.71 Å². The van der Waals surface area contributed by atoms with Crippen LogP contribution in [0.5, 0.6) is 0 Å². The topological polar surface area (TPSA) is 58.9 Å². The predicted octanol–water partition coefficient (Wildman–Crippen LogP) is 1.51. The molecule has 0 atom stereocenters. The van der Waals surface area contributed by atoms with Gasteiger partial charge in [0.15, 0.2) is 0 Å². The second-order valence-electron chi connectivity index (χ2n) is 2.71. The summed E-state index contributed by atoms with van der Waals surface area (Å²) in [7, 11) is 0. The summed E-state index contributed by atoms with van der Waals surface area (Å²) in [5.74, 6) is -1.03. The standard InChI is InChI=1S/C10H11NO3/c1-8(11-14-7-10(12)13)9-5-3-2-4-6-9/h2-6H,7H2,1H3,(H,12,13). The van der Waals surface area contributed by atoms with Crippen molar-refractivity contribution in [3.05, 3.63) is 35.9 Å². The van der Waals surface area contributed by atoms with Crippen molar-refractivity contribution < 1.29 is 14.7 Å². The van der Waals surface area contributed by atoms with Crippen LogP contribution in [0.15, 0.2) is 35.5 Å². The Kier molecular flexibility index (Phi) is 3.67. The number of aliphatic carboxylic acids is 1. The number of oxime groups is 1. The molecule has 0 unspecified atom stereocenters. The van der Waals surface area contributed by atoms with Crippen LogP contribution in [0, 0.1) is 0 Å². The molecule has 0 aliphatic heterocycles. The van der Waals surface area contributed by atoms with E-state index in [1.54, 1.807) is 6.92 Å². The third kappa shape index (κ3) is 3.26. The van der Waals surface area contributed by atoms with Crippen molar-refractivity contribution in [2.24, 2.45) is 5.16 Å². The summed E-state index contributed by atoms with van der Waals surface area (Å²) in [4.78, 5) is 14.7. The molecule has 0 aliphatic rings. The maximum Gasteiger partial charge on any atom is 0.344 e. The Morgan fingerprint density at radius 1 is 1.43 bits per heavy atom. The number of benzene rings is 1. The van der Waals surface area contributed by atoms with E-state index in [1.165, 1.54) is 0 Å². The number of hydrogen-bond donors (Lipinski definition) is 1. The molecule has 0 aliphatic carbocycles. The molecule has 4 nitrogen and oxygen atoms in total. The molecule has 1 N–H and O–H groups in total. The van der Waals surface area contributed by atoms with Crippen LogP contribution < -0.4 is 0 Å². The molecule has 0 saturated carbocycles. The Hall–Kier alpha value is -1.84. The molecule has 1 rings (SSSR count). The zero-order chi connectivity index (χ0) is 10.4. The molecule has 0 heterocycles. The molecule has 0 saturated heterocycles. The van der Waals surface area contributed by atoms with Gasteiger partial charge in [-0.3, -0.25) is 0 Å².